The molecule has 8 heavy (non-hydrogen) atoms. The molecule has 1 rings (SSSR count). The molecule has 0 aromatic rings. The maximum atomic E-state index is 5.23. The highest BCUT2D eigenvalue weighted by Gasteiger charge is 2.20. The van der Waals surface area contributed by atoms with Crippen LogP contribution in [0.25, 0.3) is 0 Å². The van der Waals surface area contributed by atoms with Gasteiger partial charge in [-0.25, -0.2) is 0 Å². The molecule has 2 heteroatoms. The molecule has 2 nitrogen and oxygen atoms in total. The monoisotopic (exact) mass is 116 g/mol. The van der Waals surface area contributed by atoms with E-state index in [1.165, 1.54) is 0 Å². The summed E-state index contributed by atoms with van der Waals surface area (Å²) >= 11 is 0. The summed E-state index contributed by atoms with van der Waals surface area (Å²) in [4.78, 5) is 0. The Hall–Kier alpha value is -0.0800. The normalized spacial score (nSPS) is 38.2. The van der Waals surface area contributed by atoms with Gasteiger partial charge in [-0.05, 0) is 6.92 Å². The fourth-order valence-electron chi connectivity index (χ4n) is 0.942. The van der Waals surface area contributed by atoms with Crippen molar-refractivity contribution in [3.05, 3.63) is 0 Å². The van der Waals surface area contributed by atoms with Crippen molar-refractivity contribution >= 4 is 0 Å². The predicted octanol–water partition coefficient (Wildman–Crippen LogP) is 0.810. The molecular weight excluding hydrogens is 104 g/mol. The summed E-state index contributed by atoms with van der Waals surface area (Å²) in [7, 11) is 1.73. The van der Waals surface area contributed by atoms with Gasteiger partial charge in [-0.15, -0.1) is 0 Å². The molecular formula is C6H12O2. The number of ether oxygens (including phenoxy) is 2. The third-order valence-electron chi connectivity index (χ3n) is 1.49. The Morgan fingerprint density at radius 1 is 1.62 bits per heavy atom. The van der Waals surface area contributed by atoms with Gasteiger partial charge >= 0.3 is 0 Å². The van der Waals surface area contributed by atoms with Crippen molar-refractivity contribution in [3.8, 4) is 0 Å². The Kier molecular flexibility index (Phi) is 1.86. The quantitative estimate of drug-likeness (QED) is 0.504. The minimum atomic E-state index is 0.352. The molecule has 0 amide bonds. The van der Waals surface area contributed by atoms with Gasteiger partial charge in [-0.3, -0.25) is 0 Å². The number of methoxy groups -OCH3 is 1. The smallest absolute Gasteiger partial charge is 0.0829 e. The Labute approximate surface area is 49.8 Å². The minimum Gasteiger partial charge on any atom is -0.379 e. The van der Waals surface area contributed by atoms with Crippen LogP contribution in [0.15, 0.2) is 0 Å². The topological polar surface area (TPSA) is 18.5 Å². The molecule has 0 aliphatic carbocycles. The summed E-state index contributed by atoms with van der Waals surface area (Å²) in [6.07, 6.45) is 1.81. The lowest BCUT2D eigenvalue weighted by Gasteiger charge is -2.01. The summed E-state index contributed by atoms with van der Waals surface area (Å²) in [6.45, 7) is 2.84. The summed E-state index contributed by atoms with van der Waals surface area (Å²) in [6, 6.07) is 0. The van der Waals surface area contributed by atoms with E-state index in [1.807, 2.05) is 0 Å². The first kappa shape index (κ1) is 6.05. The zero-order valence-corrected chi connectivity index (χ0v) is 5.39. The maximum Gasteiger partial charge on any atom is 0.0829 e. The molecule has 0 radical (unpaired) electrons. The fourth-order valence-corrected chi connectivity index (χ4v) is 0.942. The molecule has 2 atom stereocenters. The van der Waals surface area contributed by atoms with Crippen molar-refractivity contribution in [2.45, 2.75) is 25.6 Å². The van der Waals surface area contributed by atoms with Crippen molar-refractivity contribution in [2.75, 3.05) is 13.7 Å². The van der Waals surface area contributed by atoms with Gasteiger partial charge in [0.2, 0.25) is 0 Å². The lowest BCUT2D eigenvalue weighted by Crippen LogP contribution is -2.08. The highest BCUT2D eigenvalue weighted by atomic mass is 16.5. The Morgan fingerprint density at radius 2 is 2.38 bits per heavy atom. The van der Waals surface area contributed by atoms with Crippen molar-refractivity contribution in [3.63, 3.8) is 0 Å². The van der Waals surface area contributed by atoms with E-state index in [-0.39, 0.29) is 0 Å². The van der Waals surface area contributed by atoms with Gasteiger partial charge in [0.15, 0.2) is 0 Å². The van der Waals surface area contributed by atoms with Crippen LogP contribution in [-0.2, 0) is 9.47 Å². The molecule has 48 valence electrons. The van der Waals surface area contributed by atoms with Crippen LogP contribution in [0.3, 0.4) is 0 Å². The lowest BCUT2D eigenvalue weighted by molar-refractivity contribution is 0.0709. The highest BCUT2D eigenvalue weighted by Crippen LogP contribution is 2.13. The van der Waals surface area contributed by atoms with Gasteiger partial charge in [0.05, 0.1) is 18.8 Å². The van der Waals surface area contributed by atoms with Gasteiger partial charge in [-0.1, -0.05) is 0 Å². The summed E-state index contributed by atoms with van der Waals surface area (Å²) in [5.41, 5.74) is 0. The molecule has 1 fully saturated rings. The summed E-state index contributed by atoms with van der Waals surface area (Å²) in [5, 5.41) is 0. The molecule has 1 heterocycles. The largest absolute Gasteiger partial charge is 0.379 e. The van der Waals surface area contributed by atoms with E-state index < -0.39 is 0 Å². The first-order valence-electron chi connectivity index (χ1n) is 2.97. The average molecular weight is 116 g/mol. The molecule has 0 bridgehead atoms. The van der Waals surface area contributed by atoms with E-state index in [1.54, 1.807) is 7.11 Å². The molecule has 0 N–H and O–H groups in total. The maximum absolute atomic E-state index is 5.23. The zero-order chi connectivity index (χ0) is 5.98. The second kappa shape index (κ2) is 2.46. The van der Waals surface area contributed by atoms with E-state index in [9.17, 15) is 0 Å². The first-order valence-corrected chi connectivity index (χ1v) is 2.97. The molecule has 1 aliphatic rings. The molecule has 1 aliphatic heterocycles. The first-order chi connectivity index (χ1) is 3.83. The van der Waals surface area contributed by atoms with Crippen molar-refractivity contribution in [1.29, 1.82) is 0 Å². The number of rotatable bonds is 1. The van der Waals surface area contributed by atoms with Crippen LogP contribution in [-0.4, -0.2) is 25.9 Å². The Morgan fingerprint density at radius 3 is 2.62 bits per heavy atom. The van der Waals surface area contributed by atoms with Crippen molar-refractivity contribution in [1.82, 2.24) is 0 Å². The molecule has 1 unspecified atom stereocenters. The lowest BCUT2D eigenvalue weighted by atomic mass is 10.2. The number of hydrogen-bond acceptors (Lipinski definition) is 2. The van der Waals surface area contributed by atoms with Gasteiger partial charge in [0.25, 0.3) is 0 Å². The van der Waals surface area contributed by atoms with Crippen LogP contribution in [0.5, 0.6) is 0 Å². The Bertz CT molecular complexity index is 72.9. The third-order valence-corrected chi connectivity index (χ3v) is 1.49. The Balaban J connectivity index is 2.22. The molecule has 1 saturated heterocycles. The third kappa shape index (κ3) is 1.20. The van der Waals surface area contributed by atoms with E-state index in [0.717, 1.165) is 13.0 Å². The second-order valence-corrected chi connectivity index (χ2v) is 2.24. The van der Waals surface area contributed by atoms with E-state index in [4.69, 9.17) is 9.47 Å². The molecule has 0 aromatic carbocycles. The van der Waals surface area contributed by atoms with Crippen LogP contribution in [0, 0.1) is 0 Å². The SMILES string of the molecule is COC1CO[C@@H](C)C1. The van der Waals surface area contributed by atoms with Crippen molar-refractivity contribution in [2.24, 2.45) is 0 Å². The zero-order valence-electron chi connectivity index (χ0n) is 5.39. The van der Waals surface area contributed by atoms with Gasteiger partial charge in [0.1, 0.15) is 0 Å². The standard InChI is InChI=1S/C6H12O2/c1-5-3-6(7-2)4-8-5/h5-6H,3-4H2,1-2H3/t5-,6?/m0/s1. The van der Waals surface area contributed by atoms with E-state index in [0.29, 0.717) is 12.2 Å². The predicted molar refractivity (Wildman–Crippen MR) is 30.8 cm³/mol. The van der Waals surface area contributed by atoms with Gasteiger partial charge in [-0.2, -0.15) is 0 Å². The van der Waals surface area contributed by atoms with Crippen LogP contribution in [0.1, 0.15) is 13.3 Å². The van der Waals surface area contributed by atoms with E-state index >= 15 is 0 Å². The van der Waals surface area contributed by atoms with Crippen molar-refractivity contribution < 1.29 is 9.47 Å². The molecule has 0 aromatic heterocycles. The van der Waals surface area contributed by atoms with Crippen LogP contribution >= 0.6 is 0 Å². The van der Waals surface area contributed by atoms with Gasteiger partial charge < -0.3 is 9.47 Å². The van der Waals surface area contributed by atoms with Gasteiger partial charge in [0, 0.05) is 13.5 Å². The molecule has 0 saturated carbocycles. The number of hydrogen-bond donors (Lipinski definition) is 0. The van der Waals surface area contributed by atoms with Crippen LogP contribution in [0.4, 0.5) is 0 Å². The van der Waals surface area contributed by atoms with Crippen LogP contribution in [0.2, 0.25) is 0 Å². The van der Waals surface area contributed by atoms with E-state index in [2.05, 4.69) is 6.92 Å². The average Bonchev–Trinajstić information content (AvgIpc) is 2.14. The summed E-state index contributed by atoms with van der Waals surface area (Å²) in [5.74, 6) is 0. The second-order valence-electron chi connectivity index (χ2n) is 2.24. The highest BCUT2D eigenvalue weighted by molar-refractivity contribution is 4.68. The van der Waals surface area contributed by atoms with Crippen LogP contribution < -0.4 is 0 Å². The fraction of sp³-hybridized carbons (Fsp3) is 1.00. The molecule has 0 spiro atoms. The summed E-state index contributed by atoms with van der Waals surface area (Å²) < 4.78 is 10.3. The minimum absolute atomic E-state index is 0.352.